The summed E-state index contributed by atoms with van der Waals surface area (Å²) >= 11 is 1.10. The SMILES string of the molecule is COc1cccc([I-]c2ccc(C(=O)Nc3nc4ccc(OC)cc4s3)cc2)c1. The van der Waals surface area contributed by atoms with E-state index in [2.05, 4.69) is 22.4 Å². The fourth-order valence-corrected chi connectivity index (χ4v) is 5.88. The predicted molar refractivity (Wildman–Crippen MR) is 111 cm³/mol. The Bertz CT molecular complexity index is 1160. The Balaban J connectivity index is 1.45. The van der Waals surface area contributed by atoms with E-state index in [0.29, 0.717) is 10.7 Å². The molecule has 0 unspecified atom stereocenters. The molecular weight excluding hydrogens is 499 g/mol. The normalized spacial score (nSPS) is 10.8. The molecule has 148 valence electrons. The van der Waals surface area contributed by atoms with Crippen LogP contribution in [0.25, 0.3) is 10.2 Å². The summed E-state index contributed by atoms with van der Waals surface area (Å²) in [6, 6.07) is 21.5. The number of nitrogens with zero attached hydrogens (tertiary/aromatic N) is 1. The van der Waals surface area contributed by atoms with Gasteiger partial charge in [0, 0.05) is 0 Å². The maximum atomic E-state index is 12.6. The van der Waals surface area contributed by atoms with Gasteiger partial charge in [0.1, 0.15) is 0 Å². The maximum absolute atomic E-state index is 12.6. The number of aromatic nitrogens is 1. The van der Waals surface area contributed by atoms with Gasteiger partial charge in [0.25, 0.3) is 0 Å². The molecule has 1 aromatic heterocycles. The summed E-state index contributed by atoms with van der Waals surface area (Å²) in [5.41, 5.74) is 1.45. The summed E-state index contributed by atoms with van der Waals surface area (Å²) in [6.07, 6.45) is 0. The molecule has 4 rings (SSSR count). The van der Waals surface area contributed by atoms with E-state index in [0.717, 1.165) is 21.7 Å². The van der Waals surface area contributed by atoms with Gasteiger partial charge in [-0.1, -0.05) is 0 Å². The average Bonchev–Trinajstić information content (AvgIpc) is 3.15. The third-order valence-electron chi connectivity index (χ3n) is 4.17. The number of halogens is 1. The van der Waals surface area contributed by atoms with Crippen molar-refractivity contribution in [2.24, 2.45) is 0 Å². The van der Waals surface area contributed by atoms with Crippen molar-refractivity contribution in [2.75, 3.05) is 19.5 Å². The Labute approximate surface area is 183 Å². The number of methoxy groups -OCH3 is 2. The third-order valence-corrected chi connectivity index (χ3v) is 7.74. The van der Waals surface area contributed by atoms with E-state index in [1.165, 1.54) is 18.5 Å². The first-order valence-corrected chi connectivity index (χ1v) is 11.8. The fourth-order valence-electron chi connectivity index (χ4n) is 2.70. The van der Waals surface area contributed by atoms with Gasteiger partial charge in [-0.2, -0.15) is 0 Å². The molecule has 29 heavy (non-hydrogen) atoms. The van der Waals surface area contributed by atoms with Crippen molar-refractivity contribution in [2.45, 2.75) is 0 Å². The first-order valence-electron chi connectivity index (χ1n) is 8.79. The molecule has 0 aliphatic carbocycles. The van der Waals surface area contributed by atoms with E-state index in [-0.39, 0.29) is 27.1 Å². The monoisotopic (exact) mass is 517 g/mol. The molecule has 0 saturated heterocycles. The molecule has 0 fully saturated rings. The van der Waals surface area contributed by atoms with Crippen molar-refractivity contribution in [1.82, 2.24) is 4.98 Å². The molecule has 1 amide bonds. The van der Waals surface area contributed by atoms with E-state index >= 15 is 0 Å². The van der Waals surface area contributed by atoms with Crippen molar-refractivity contribution < 1.29 is 35.5 Å². The van der Waals surface area contributed by atoms with Crippen molar-refractivity contribution in [3.63, 3.8) is 0 Å². The fraction of sp³-hybridized carbons (Fsp3) is 0.0909. The van der Waals surface area contributed by atoms with Crippen LogP contribution in [0.15, 0.2) is 66.7 Å². The average molecular weight is 517 g/mol. The molecule has 0 radical (unpaired) electrons. The number of nitrogens with one attached hydrogen (secondary N) is 1. The quantitative estimate of drug-likeness (QED) is 0.396. The minimum absolute atomic E-state index is 0.165. The molecule has 7 heteroatoms. The molecule has 0 aliphatic rings. The van der Waals surface area contributed by atoms with Crippen molar-refractivity contribution in [3.05, 3.63) is 79.4 Å². The topological polar surface area (TPSA) is 60.5 Å². The van der Waals surface area contributed by atoms with E-state index < -0.39 is 0 Å². The summed E-state index contributed by atoms with van der Waals surface area (Å²) in [5.74, 6) is 1.47. The Morgan fingerprint density at radius 2 is 1.69 bits per heavy atom. The Morgan fingerprint density at radius 3 is 2.45 bits per heavy atom. The molecule has 0 spiro atoms. The van der Waals surface area contributed by atoms with Gasteiger partial charge in [0.15, 0.2) is 0 Å². The number of hydrogen-bond donors (Lipinski definition) is 1. The van der Waals surface area contributed by atoms with Gasteiger partial charge < -0.3 is 0 Å². The van der Waals surface area contributed by atoms with Gasteiger partial charge >= 0.3 is 176 Å². The number of anilines is 1. The molecule has 3 aromatic carbocycles. The molecule has 1 heterocycles. The second-order valence-electron chi connectivity index (χ2n) is 6.07. The second kappa shape index (κ2) is 8.79. The molecule has 0 bridgehead atoms. The number of ether oxygens (including phenoxy) is 2. The number of fused-ring (bicyclic) bond motifs is 1. The van der Waals surface area contributed by atoms with Crippen LogP contribution >= 0.6 is 11.3 Å². The molecule has 0 aliphatic heterocycles. The number of thiazole rings is 1. The van der Waals surface area contributed by atoms with Crippen molar-refractivity contribution in [3.8, 4) is 11.5 Å². The van der Waals surface area contributed by atoms with Crippen molar-refractivity contribution >= 4 is 32.6 Å². The number of carbonyl (C=O) groups is 1. The van der Waals surface area contributed by atoms with Crippen LogP contribution in [0, 0.1) is 7.14 Å². The van der Waals surface area contributed by atoms with Crippen LogP contribution in [0.2, 0.25) is 0 Å². The van der Waals surface area contributed by atoms with Crippen LogP contribution in [0.1, 0.15) is 10.4 Å². The molecule has 1 N–H and O–H groups in total. The van der Waals surface area contributed by atoms with Crippen LogP contribution in [-0.4, -0.2) is 25.1 Å². The zero-order chi connectivity index (χ0) is 20.2. The number of carbonyl (C=O) groups excluding carboxylic acids is 1. The van der Waals surface area contributed by atoms with Crippen LogP contribution in [-0.2, 0) is 0 Å². The molecule has 0 atom stereocenters. The van der Waals surface area contributed by atoms with E-state index in [9.17, 15) is 4.79 Å². The van der Waals surface area contributed by atoms with Gasteiger partial charge in [-0.05, 0) is 0 Å². The first kappa shape index (κ1) is 19.7. The number of rotatable bonds is 6. The van der Waals surface area contributed by atoms with Crippen molar-refractivity contribution in [1.29, 1.82) is 0 Å². The third kappa shape index (κ3) is 4.68. The van der Waals surface area contributed by atoms with Gasteiger partial charge in [0.2, 0.25) is 0 Å². The Morgan fingerprint density at radius 1 is 0.931 bits per heavy atom. The summed E-state index contributed by atoms with van der Waals surface area (Å²) in [4.78, 5) is 17.1. The number of hydrogen-bond acceptors (Lipinski definition) is 5. The van der Waals surface area contributed by atoms with E-state index in [4.69, 9.17) is 9.47 Å². The molecule has 0 saturated carbocycles. The summed E-state index contributed by atoms with van der Waals surface area (Å²) in [6.45, 7) is 0. The summed E-state index contributed by atoms with van der Waals surface area (Å²) in [7, 11) is 3.30. The van der Waals surface area contributed by atoms with Gasteiger partial charge in [-0.3, -0.25) is 0 Å². The first-order chi connectivity index (χ1) is 14.1. The van der Waals surface area contributed by atoms with Crippen LogP contribution in [0.5, 0.6) is 11.5 Å². The van der Waals surface area contributed by atoms with Crippen LogP contribution in [0.4, 0.5) is 5.13 Å². The van der Waals surface area contributed by atoms with Crippen LogP contribution < -0.4 is 36.0 Å². The van der Waals surface area contributed by atoms with E-state index in [1.807, 2.05) is 54.6 Å². The predicted octanol–water partition coefficient (Wildman–Crippen LogP) is 1.69. The Kier molecular flexibility index (Phi) is 5.96. The number of benzene rings is 3. The Hall–Kier alpha value is -2.65. The number of amides is 1. The minimum atomic E-state index is -0.329. The van der Waals surface area contributed by atoms with E-state index in [1.54, 1.807) is 14.2 Å². The molecular formula is C22H18IN2O3S-. The zero-order valence-corrected chi connectivity index (χ0v) is 18.8. The van der Waals surface area contributed by atoms with Gasteiger partial charge in [-0.15, -0.1) is 0 Å². The van der Waals surface area contributed by atoms with Gasteiger partial charge in [0.05, 0.1) is 7.11 Å². The summed E-state index contributed by atoms with van der Waals surface area (Å²) < 4.78 is 14.0. The summed E-state index contributed by atoms with van der Waals surface area (Å²) in [5, 5.41) is 3.46. The molecule has 4 aromatic rings. The van der Waals surface area contributed by atoms with Gasteiger partial charge in [-0.25, -0.2) is 0 Å². The molecule has 5 nitrogen and oxygen atoms in total. The standard InChI is InChI=1S/C22H18IN2O3S/c1-27-17-5-3-4-16(12-17)23-15-8-6-14(7-9-15)21(26)25-22-24-19-11-10-18(28-2)13-20(19)29-22/h3-13H,1-2H3,(H,24,25,26)/q-1. The second-order valence-corrected chi connectivity index (χ2v) is 10.1. The zero-order valence-electron chi connectivity index (χ0n) is 15.8. The van der Waals surface area contributed by atoms with Crippen LogP contribution in [0.3, 0.4) is 0 Å².